The number of amides is 1. The van der Waals surface area contributed by atoms with Gasteiger partial charge in [0.1, 0.15) is 0 Å². The van der Waals surface area contributed by atoms with Crippen LogP contribution in [0.3, 0.4) is 0 Å². The molecule has 3 nitrogen and oxygen atoms in total. The molecule has 0 aromatic carbocycles. The molecule has 1 amide bonds. The number of rotatable bonds is 3. The van der Waals surface area contributed by atoms with Crippen LogP contribution in [0, 0.1) is 0 Å². The van der Waals surface area contributed by atoms with E-state index in [1.165, 1.54) is 5.56 Å². The lowest BCUT2D eigenvalue weighted by Crippen LogP contribution is -2.42. The van der Waals surface area contributed by atoms with Crippen LogP contribution in [-0.2, 0) is 11.2 Å². The number of carbonyl (C=O) groups is 1. The second-order valence-corrected chi connectivity index (χ2v) is 5.29. The van der Waals surface area contributed by atoms with Crippen LogP contribution < -0.4 is 5.32 Å². The normalized spacial score (nSPS) is 24.5. The fourth-order valence-electron chi connectivity index (χ4n) is 2.24. The van der Waals surface area contributed by atoms with Gasteiger partial charge in [-0.1, -0.05) is 6.92 Å². The van der Waals surface area contributed by atoms with Crippen molar-refractivity contribution in [3.63, 3.8) is 0 Å². The Kier molecular flexibility index (Phi) is 3.28. The standard InChI is InChI=1S/C12H15BrN2O/c1-2-12(4-3-11(16)15-12)6-9-5-10(13)8-14-7-9/h5,7-8H,2-4,6H2,1H3,(H,15,16). The van der Waals surface area contributed by atoms with Gasteiger partial charge in [-0.3, -0.25) is 9.78 Å². The van der Waals surface area contributed by atoms with Crippen LogP contribution in [0.25, 0.3) is 0 Å². The first kappa shape index (κ1) is 11.6. The Balaban J connectivity index is 2.16. The van der Waals surface area contributed by atoms with Crippen molar-refractivity contribution >= 4 is 21.8 Å². The molecule has 0 spiro atoms. The predicted octanol–water partition coefficient (Wildman–Crippen LogP) is 2.45. The molecule has 1 fully saturated rings. The van der Waals surface area contributed by atoms with Crippen LogP contribution in [0.2, 0.25) is 0 Å². The summed E-state index contributed by atoms with van der Waals surface area (Å²) in [6.45, 7) is 2.12. The van der Waals surface area contributed by atoms with Crippen molar-refractivity contribution in [3.8, 4) is 0 Å². The van der Waals surface area contributed by atoms with Gasteiger partial charge in [-0.15, -0.1) is 0 Å². The molecular weight excluding hydrogens is 268 g/mol. The molecule has 0 saturated carbocycles. The van der Waals surface area contributed by atoms with Gasteiger partial charge in [-0.2, -0.15) is 0 Å². The van der Waals surface area contributed by atoms with Crippen molar-refractivity contribution in [2.24, 2.45) is 0 Å². The second kappa shape index (κ2) is 4.53. The predicted molar refractivity (Wildman–Crippen MR) is 66.0 cm³/mol. The number of carbonyl (C=O) groups excluding carboxylic acids is 1. The highest BCUT2D eigenvalue weighted by molar-refractivity contribution is 9.10. The first-order valence-corrected chi connectivity index (χ1v) is 6.33. The van der Waals surface area contributed by atoms with Crippen LogP contribution in [0.4, 0.5) is 0 Å². The van der Waals surface area contributed by atoms with Crippen molar-refractivity contribution in [2.45, 2.75) is 38.1 Å². The number of nitrogens with one attached hydrogen (secondary N) is 1. The number of hydrogen-bond donors (Lipinski definition) is 1. The molecule has 0 radical (unpaired) electrons. The van der Waals surface area contributed by atoms with E-state index in [0.717, 1.165) is 23.7 Å². The molecular formula is C12H15BrN2O. The average Bonchev–Trinajstić information content (AvgIpc) is 2.61. The first-order chi connectivity index (χ1) is 7.63. The maximum absolute atomic E-state index is 11.3. The molecule has 1 aromatic heterocycles. The molecule has 1 aromatic rings. The van der Waals surface area contributed by atoms with E-state index in [1.54, 1.807) is 6.20 Å². The molecule has 1 atom stereocenters. The Labute approximate surface area is 104 Å². The zero-order chi connectivity index (χ0) is 11.6. The molecule has 1 unspecified atom stereocenters. The molecule has 1 aliphatic heterocycles. The van der Waals surface area contributed by atoms with Crippen molar-refractivity contribution in [1.29, 1.82) is 0 Å². The third-order valence-electron chi connectivity index (χ3n) is 3.22. The number of aromatic nitrogens is 1. The molecule has 1 aliphatic rings. The van der Waals surface area contributed by atoms with Crippen molar-refractivity contribution in [3.05, 3.63) is 28.5 Å². The Bertz CT molecular complexity index is 408. The third-order valence-corrected chi connectivity index (χ3v) is 3.65. The van der Waals surface area contributed by atoms with Crippen molar-refractivity contribution < 1.29 is 4.79 Å². The number of pyridine rings is 1. The van der Waals surface area contributed by atoms with E-state index in [-0.39, 0.29) is 11.4 Å². The quantitative estimate of drug-likeness (QED) is 0.925. The topological polar surface area (TPSA) is 42.0 Å². The third kappa shape index (κ3) is 2.43. The van der Waals surface area contributed by atoms with Gasteiger partial charge >= 0.3 is 0 Å². The van der Waals surface area contributed by atoms with Gasteiger partial charge in [-0.25, -0.2) is 0 Å². The van der Waals surface area contributed by atoms with E-state index in [9.17, 15) is 4.79 Å². The van der Waals surface area contributed by atoms with E-state index < -0.39 is 0 Å². The summed E-state index contributed by atoms with van der Waals surface area (Å²) in [6.07, 6.45) is 7.04. The highest BCUT2D eigenvalue weighted by Crippen LogP contribution is 2.28. The minimum Gasteiger partial charge on any atom is -0.350 e. The second-order valence-electron chi connectivity index (χ2n) is 4.37. The van der Waals surface area contributed by atoms with Crippen LogP contribution in [-0.4, -0.2) is 16.4 Å². The molecule has 2 heterocycles. The van der Waals surface area contributed by atoms with Crippen LogP contribution >= 0.6 is 15.9 Å². The summed E-state index contributed by atoms with van der Waals surface area (Å²) in [7, 11) is 0. The molecule has 1 saturated heterocycles. The van der Waals surface area contributed by atoms with Gasteiger partial charge < -0.3 is 5.32 Å². The largest absolute Gasteiger partial charge is 0.350 e. The van der Waals surface area contributed by atoms with E-state index >= 15 is 0 Å². The maximum Gasteiger partial charge on any atom is 0.220 e. The summed E-state index contributed by atoms with van der Waals surface area (Å²) in [5, 5.41) is 3.10. The number of halogens is 1. The van der Waals surface area contributed by atoms with Gasteiger partial charge in [0.15, 0.2) is 0 Å². The fourth-order valence-corrected chi connectivity index (χ4v) is 2.65. The Morgan fingerprint density at radius 3 is 2.94 bits per heavy atom. The summed E-state index contributed by atoms with van der Waals surface area (Å²) in [6, 6.07) is 2.06. The molecule has 2 rings (SSSR count). The van der Waals surface area contributed by atoms with Gasteiger partial charge in [0.2, 0.25) is 5.91 Å². The molecule has 1 N–H and O–H groups in total. The lowest BCUT2D eigenvalue weighted by molar-refractivity contribution is -0.119. The minimum absolute atomic E-state index is 0.0560. The highest BCUT2D eigenvalue weighted by atomic mass is 79.9. The Morgan fingerprint density at radius 2 is 2.38 bits per heavy atom. The summed E-state index contributed by atoms with van der Waals surface area (Å²) < 4.78 is 0.987. The lowest BCUT2D eigenvalue weighted by atomic mass is 9.87. The van der Waals surface area contributed by atoms with E-state index in [2.05, 4.69) is 39.2 Å². The zero-order valence-electron chi connectivity index (χ0n) is 9.29. The highest BCUT2D eigenvalue weighted by Gasteiger charge is 2.35. The average molecular weight is 283 g/mol. The van der Waals surface area contributed by atoms with Gasteiger partial charge in [-0.05, 0) is 46.8 Å². The molecule has 0 bridgehead atoms. The Hall–Kier alpha value is -0.900. The number of nitrogens with zero attached hydrogens (tertiary/aromatic N) is 1. The zero-order valence-corrected chi connectivity index (χ0v) is 10.9. The Morgan fingerprint density at radius 1 is 1.56 bits per heavy atom. The fraction of sp³-hybridized carbons (Fsp3) is 0.500. The van der Waals surface area contributed by atoms with E-state index in [4.69, 9.17) is 0 Å². The van der Waals surface area contributed by atoms with E-state index in [0.29, 0.717) is 6.42 Å². The molecule has 0 aliphatic carbocycles. The van der Waals surface area contributed by atoms with Crippen molar-refractivity contribution in [2.75, 3.05) is 0 Å². The smallest absolute Gasteiger partial charge is 0.220 e. The van der Waals surface area contributed by atoms with Gasteiger partial charge in [0.05, 0.1) is 0 Å². The first-order valence-electron chi connectivity index (χ1n) is 5.54. The van der Waals surface area contributed by atoms with Crippen LogP contribution in [0.1, 0.15) is 31.7 Å². The molecule has 16 heavy (non-hydrogen) atoms. The van der Waals surface area contributed by atoms with E-state index in [1.807, 2.05) is 6.20 Å². The van der Waals surface area contributed by atoms with Crippen molar-refractivity contribution in [1.82, 2.24) is 10.3 Å². The molecule has 86 valence electrons. The SMILES string of the molecule is CCC1(Cc2cncc(Br)c2)CCC(=O)N1. The number of hydrogen-bond acceptors (Lipinski definition) is 2. The summed E-state index contributed by atoms with van der Waals surface area (Å²) in [4.78, 5) is 15.5. The monoisotopic (exact) mass is 282 g/mol. The maximum atomic E-state index is 11.3. The lowest BCUT2D eigenvalue weighted by Gasteiger charge is -2.27. The van der Waals surface area contributed by atoms with Gasteiger partial charge in [0, 0.05) is 28.8 Å². The summed E-state index contributed by atoms with van der Waals surface area (Å²) in [5.74, 6) is 0.171. The minimum atomic E-state index is -0.0560. The van der Waals surface area contributed by atoms with Gasteiger partial charge in [0.25, 0.3) is 0 Å². The van der Waals surface area contributed by atoms with Crippen LogP contribution in [0.15, 0.2) is 22.9 Å². The van der Waals surface area contributed by atoms with Crippen LogP contribution in [0.5, 0.6) is 0 Å². The summed E-state index contributed by atoms with van der Waals surface area (Å²) >= 11 is 3.41. The summed E-state index contributed by atoms with van der Waals surface area (Å²) in [5.41, 5.74) is 1.11. The molecule has 4 heteroatoms.